The summed E-state index contributed by atoms with van der Waals surface area (Å²) in [6.07, 6.45) is 0. The third-order valence-electron chi connectivity index (χ3n) is 12.5. The maximum atomic E-state index is 7.23. The van der Waals surface area contributed by atoms with E-state index in [1.54, 1.807) is 0 Å². The zero-order valence-corrected chi connectivity index (χ0v) is 31.0. The van der Waals surface area contributed by atoms with Gasteiger partial charge in [-0.1, -0.05) is 98.8 Å². The van der Waals surface area contributed by atoms with Crippen LogP contribution >= 0.6 is 11.3 Å². The summed E-state index contributed by atoms with van der Waals surface area (Å²) in [7, 11) is 0. The molecule has 1 aliphatic rings. The number of aromatic nitrogens is 2. The van der Waals surface area contributed by atoms with E-state index in [-0.39, 0.29) is 5.41 Å². The van der Waals surface area contributed by atoms with Crippen LogP contribution in [0.15, 0.2) is 162 Å². The van der Waals surface area contributed by atoms with Gasteiger partial charge in [-0.15, -0.1) is 11.3 Å². The highest BCUT2D eigenvalue weighted by Crippen LogP contribution is 2.50. The van der Waals surface area contributed by atoms with Gasteiger partial charge in [0.05, 0.1) is 32.8 Å². The van der Waals surface area contributed by atoms with Crippen LogP contribution in [0, 0.1) is 0 Å². The third-order valence-corrected chi connectivity index (χ3v) is 13.7. The first-order valence-electron chi connectivity index (χ1n) is 19.0. The van der Waals surface area contributed by atoms with Crippen LogP contribution in [0.2, 0.25) is 0 Å². The minimum absolute atomic E-state index is 0.0828. The summed E-state index contributed by atoms with van der Waals surface area (Å²) < 4.78 is 14.7. The summed E-state index contributed by atoms with van der Waals surface area (Å²) in [4.78, 5) is 0. The van der Waals surface area contributed by atoms with E-state index in [1.807, 2.05) is 11.3 Å². The summed E-state index contributed by atoms with van der Waals surface area (Å²) in [6, 6.07) is 58.2. The molecule has 0 spiro atoms. The normalized spacial score (nSPS) is 13.8. The second kappa shape index (κ2) is 10.3. The highest BCUT2D eigenvalue weighted by atomic mass is 32.1. The average Bonchev–Trinajstić information content (AvgIpc) is 4.01. The standard InChI is InChI=1S/C51H32N2OS/c1-51(2)39-15-7-3-11-31(39)32-21-19-30(28-40(32)51)53-42-17-9-5-14-37(42)48-44(53)25-23-35-34-22-24-43-47(49(34)54-50(35)48)36-13-4-8-16-41(36)52(43)29-20-26-46-38(27-29)33-12-6-10-18-45(33)55-46/h3-28H,1-2H3. The van der Waals surface area contributed by atoms with Crippen LogP contribution in [0.25, 0.3) is 108 Å². The van der Waals surface area contributed by atoms with E-state index < -0.39 is 0 Å². The molecule has 55 heavy (non-hydrogen) atoms. The quantitative estimate of drug-likeness (QED) is 0.174. The molecule has 12 aromatic rings. The van der Waals surface area contributed by atoms with Crippen LogP contribution in [0.3, 0.4) is 0 Å². The number of fused-ring (bicyclic) bond motifs is 17. The van der Waals surface area contributed by atoms with Gasteiger partial charge in [0, 0.05) is 58.5 Å². The molecule has 0 saturated carbocycles. The van der Waals surface area contributed by atoms with Crippen molar-refractivity contribution in [2.24, 2.45) is 0 Å². The molecule has 4 heterocycles. The smallest absolute Gasteiger partial charge is 0.145 e. The van der Waals surface area contributed by atoms with Gasteiger partial charge in [-0.3, -0.25) is 0 Å². The molecule has 0 atom stereocenters. The molecule has 0 radical (unpaired) electrons. The maximum absolute atomic E-state index is 7.23. The molecule has 4 heteroatoms. The molecule has 0 unspecified atom stereocenters. The van der Waals surface area contributed by atoms with Crippen LogP contribution in [0.4, 0.5) is 0 Å². The molecule has 0 N–H and O–H groups in total. The Morgan fingerprint density at radius 3 is 1.67 bits per heavy atom. The first-order valence-corrected chi connectivity index (χ1v) is 19.8. The Morgan fingerprint density at radius 2 is 0.964 bits per heavy atom. The van der Waals surface area contributed by atoms with Crippen molar-refractivity contribution in [3.05, 3.63) is 169 Å². The molecular weight excluding hydrogens is 689 g/mol. The minimum atomic E-state index is -0.0828. The number of para-hydroxylation sites is 2. The van der Waals surface area contributed by atoms with E-state index >= 15 is 0 Å². The molecule has 0 amide bonds. The Kier molecular flexibility index (Phi) is 5.59. The molecule has 0 saturated heterocycles. The van der Waals surface area contributed by atoms with Crippen LogP contribution in [-0.4, -0.2) is 9.13 Å². The maximum Gasteiger partial charge on any atom is 0.145 e. The fourth-order valence-electron chi connectivity index (χ4n) is 10.0. The van der Waals surface area contributed by atoms with Gasteiger partial charge in [-0.2, -0.15) is 0 Å². The van der Waals surface area contributed by atoms with E-state index in [9.17, 15) is 0 Å². The van der Waals surface area contributed by atoms with Crippen molar-refractivity contribution in [3.8, 4) is 22.5 Å². The van der Waals surface area contributed by atoms with Crippen molar-refractivity contribution >= 4 is 97.1 Å². The zero-order valence-electron chi connectivity index (χ0n) is 30.2. The summed E-state index contributed by atoms with van der Waals surface area (Å²) in [5.74, 6) is 0. The highest BCUT2D eigenvalue weighted by molar-refractivity contribution is 7.25. The molecule has 0 aliphatic heterocycles. The van der Waals surface area contributed by atoms with E-state index in [0.29, 0.717) is 0 Å². The van der Waals surface area contributed by atoms with Crippen molar-refractivity contribution in [2.45, 2.75) is 19.3 Å². The molecule has 1 aliphatic carbocycles. The van der Waals surface area contributed by atoms with Crippen LogP contribution < -0.4 is 0 Å². The van der Waals surface area contributed by atoms with Crippen molar-refractivity contribution < 1.29 is 4.42 Å². The first-order chi connectivity index (χ1) is 27.0. The second-order valence-corrected chi connectivity index (χ2v) is 16.7. The van der Waals surface area contributed by atoms with Gasteiger partial charge >= 0.3 is 0 Å². The second-order valence-electron chi connectivity index (χ2n) is 15.7. The lowest BCUT2D eigenvalue weighted by atomic mass is 9.82. The van der Waals surface area contributed by atoms with Gasteiger partial charge in [0.25, 0.3) is 0 Å². The average molecular weight is 721 g/mol. The Hall–Kier alpha value is -6.62. The molecule has 258 valence electrons. The Labute approximate surface area is 319 Å². The van der Waals surface area contributed by atoms with Crippen molar-refractivity contribution in [2.75, 3.05) is 0 Å². The predicted octanol–water partition coefficient (Wildman–Crippen LogP) is 14.5. The number of rotatable bonds is 2. The lowest BCUT2D eigenvalue weighted by Crippen LogP contribution is -2.15. The Balaban J connectivity index is 1.08. The fraction of sp³-hybridized carbons (Fsp3) is 0.0588. The lowest BCUT2D eigenvalue weighted by Gasteiger charge is -2.22. The van der Waals surface area contributed by atoms with Crippen molar-refractivity contribution in [3.63, 3.8) is 0 Å². The number of nitrogens with zero attached hydrogens (tertiary/aromatic N) is 2. The summed E-state index contributed by atoms with van der Waals surface area (Å²) in [6.45, 7) is 4.71. The van der Waals surface area contributed by atoms with Gasteiger partial charge in [-0.25, -0.2) is 0 Å². The minimum Gasteiger partial charge on any atom is -0.455 e. The predicted molar refractivity (Wildman–Crippen MR) is 233 cm³/mol. The van der Waals surface area contributed by atoms with Crippen LogP contribution in [-0.2, 0) is 5.41 Å². The van der Waals surface area contributed by atoms with E-state index in [1.165, 1.54) is 69.9 Å². The van der Waals surface area contributed by atoms with E-state index in [4.69, 9.17) is 4.42 Å². The molecule has 0 fully saturated rings. The molecule has 0 bridgehead atoms. The summed E-state index contributed by atoms with van der Waals surface area (Å²) in [5, 5.41) is 9.57. The summed E-state index contributed by atoms with van der Waals surface area (Å²) in [5.41, 5.74) is 14.2. The SMILES string of the molecule is CC1(C)c2ccccc2-c2ccc(-n3c4ccccc4c4c5oc6c(ccc7c6c6ccccc6n7-c6ccc7sc8ccccc8c7c6)c5ccc43)cc21. The number of benzene rings is 8. The molecule has 3 nitrogen and oxygen atoms in total. The molecular formula is C51H32N2OS. The monoisotopic (exact) mass is 720 g/mol. The van der Waals surface area contributed by atoms with Crippen molar-refractivity contribution in [1.29, 1.82) is 0 Å². The van der Waals surface area contributed by atoms with Gasteiger partial charge in [0.1, 0.15) is 11.2 Å². The van der Waals surface area contributed by atoms with Crippen molar-refractivity contribution in [1.82, 2.24) is 9.13 Å². The van der Waals surface area contributed by atoms with E-state index in [2.05, 4.69) is 181 Å². The number of hydrogen-bond acceptors (Lipinski definition) is 2. The molecule has 8 aromatic carbocycles. The van der Waals surface area contributed by atoms with Crippen LogP contribution in [0.5, 0.6) is 0 Å². The number of thiophene rings is 1. The zero-order chi connectivity index (χ0) is 36.2. The molecule has 4 aromatic heterocycles. The number of hydrogen-bond donors (Lipinski definition) is 0. The fourth-order valence-corrected chi connectivity index (χ4v) is 11.1. The van der Waals surface area contributed by atoms with Gasteiger partial charge in [-0.05, 0) is 95.1 Å². The highest BCUT2D eigenvalue weighted by Gasteiger charge is 2.35. The van der Waals surface area contributed by atoms with Gasteiger partial charge in [0.2, 0.25) is 0 Å². The summed E-state index contributed by atoms with van der Waals surface area (Å²) >= 11 is 1.86. The number of furan rings is 1. The third kappa shape index (κ3) is 3.75. The largest absolute Gasteiger partial charge is 0.455 e. The Morgan fingerprint density at radius 1 is 0.418 bits per heavy atom. The first kappa shape index (κ1) is 29.8. The van der Waals surface area contributed by atoms with Crippen LogP contribution in [0.1, 0.15) is 25.0 Å². The van der Waals surface area contributed by atoms with Gasteiger partial charge < -0.3 is 13.6 Å². The lowest BCUT2D eigenvalue weighted by molar-refractivity contribution is 0.660. The van der Waals surface area contributed by atoms with Gasteiger partial charge in [0.15, 0.2) is 0 Å². The van der Waals surface area contributed by atoms with E-state index in [0.717, 1.165) is 49.4 Å². The topological polar surface area (TPSA) is 23.0 Å². The molecule has 13 rings (SSSR count). The Bertz CT molecular complexity index is 3640.